The van der Waals surface area contributed by atoms with Gasteiger partial charge in [-0.15, -0.1) is 12.4 Å². The van der Waals surface area contributed by atoms with Gasteiger partial charge in [0.15, 0.2) is 0 Å². The number of benzene rings is 1. The zero-order valence-electron chi connectivity index (χ0n) is 11.9. The quantitative estimate of drug-likeness (QED) is 0.837. The lowest BCUT2D eigenvalue weighted by molar-refractivity contribution is 0.0232. The van der Waals surface area contributed by atoms with Crippen LogP contribution < -0.4 is 4.74 Å². The van der Waals surface area contributed by atoms with Crippen LogP contribution in [0.2, 0.25) is 5.02 Å². The lowest BCUT2D eigenvalue weighted by Crippen LogP contribution is -2.46. The van der Waals surface area contributed by atoms with E-state index in [2.05, 4.69) is 4.90 Å². The summed E-state index contributed by atoms with van der Waals surface area (Å²) in [6.45, 7) is 1.88. The van der Waals surface area contributed by atoms with Crippen LogP contribution in [-0.4, -0.2) is 53.6 Å². The summed E-state index contributed by atoms with van der Waals surface area (Å²) in [5, 5.41) is 20.1. The number of β-amino-alcohol motifs (C(OH)–C–C–N with tert-alkyl or cyclic N) is 1. The van der Waals surface area contributed by atoms with Crippen LogP contribution in [0.1, 0.15) is 19.3 Å². The van der Waals surface area contributed by atoms with E-state index >= 15 is 0 Å². The molecule has 1 saturated heterocycles. The van der Waals surface area contributed by atoms with Crippen LogP contribution in [0.4, 0.5) is 0 Å². The van der Waals surface area contributed by atoms with E-state index in [-0.39, 0.29) is 31.7 Å². The SMILES string of the molecule is Cl.OCC1CCCCN1CC(O)COc1ccc(Cl)cc1. The largest absolute Gasteiger partial charge is 0.491 e. The van der Waals surface area contributed by atoms with Crippen LogP contribution in [0.25, 0.3) is 0 Å². The Hall–Kier alpha value is -0.520. The molecule has 2 atom stereocenters. The molecule has 1 heterocycles. The Morgan fingerprint density at radius 3 is 2.67 bits per heavy atom. The van der Waals surface area contributed by atoms with Gasteiger partial charge in [0.2, 0.25) is 0 Å². The molecule has 4 nitrogen and oxygen atoms in total. The summed E-state index contributed by atoms with van der Waals surface area (Å²) in [6, 6.07) is 7.26. The molecule has 1 aliphatic rings. The molecule has 1 aromatic rings. The number of hydrogen-bond donors (Lipinski definition) is 2. The van der Waals surface area contributed by atoms with Crippen LogP contribution in [-0.2, 0) is 0 Å². The van der Waals surface area contributed by atoms with Crippen LogP contribution in [0.5, 0.6) is 5.75 Å². The highest BCUT2D eigenvalue weighted by atomic mass is 35.5. The first-order chi connectivity index (χ1) is 9.69. The Labute approximate surface area is 137 Å². The first kappa shape index (κ1) is 18.5. The van der Waals surface area contributed by atoms with Crippen molar-refractivity contribution in [2.24, 2.45) is 0 Å². The van der Waals surface area contributed by atoms with Gasteiger partial charge in [0, 0.05) is 17.6 Å². The van der Waals surface area contributed by atoms with E-state index < -0.39 is 6.10 Å². The molecular formula is C15H23Cl2NO3. The summed E-state index contributed by atoms with van der Waals surface area (Å²) < 4.78 is 5.54. The predicted molar refractivity (Wildman–Crippen MR) is 86.5 cm³/mol. The van der Waals surface area contributed by atoms with Crippen molar-refractivity contribution in [2.75, 3.05) is 26.3 Å². The Morgan fingerprint density at radius 2 is 2.00 bits per heavy atom. The van der Waals surface area contributed by atoms with Crippen molar-refractivity contribution < 1.29 is 14.9 Å². The van der Waals surface area contributed by atoms with Crippen molar-refractivity contribution in [3.8, 4) is 5.75 Å². The van der Waals surface area contributed by atoms with Gasteiger partial charge in [-0.25, -0.2) is 0 Å². The topological polar surface area (TPSA) is 52.9 Å². The number of hydrogen-bond acceptors (Lipinski definition) is 4. The van der Waals surface area contributed by atoms with Crippen LogP contribution >= 0.6 is 24.0 Å². The van der Waals surface area contributed by atoms with Gasteiger partial charge in [0.05, 0.1) is 6.61 Å². The number of rotatable bonds is 6. The number of aliphatic hydroxyl groups excluding tert-OH is 2. The van der Waals surface area contributed by atoms with Gasteiger partial charge in [-0.1, -0.05) is 18.0 Å². The third-order valence-corrected chi connectivity index (χ3v) is 3.91. The Kier molecular flexibility index (Phi) is 8.37. The highest BCUT2D eigenvalue weighted by Gasteiger charge is 2.23. The Bertz CT molecular complexity index is 402. The van der Waals surface area contributed by atoms with Gasteiger partial charge in [-0.2, -0.15) is 0 Å². The van der Waals surface area contributed by atoms with Gasteiger partial charge < -0.3 is 14.9 Å². The second kappa shape index (κ2) is 9.49. The third-order valence-electron chi connectivity index (χ3n) is 3.66. The monoisotopic (exact) mass is 335 g/mol. The fraction of sp³-hybridized carbons (Fsp3) is 0.600. The van der Waals surface area contributed by atoms with Gasteiger partial charge in [0.1, 0.15) is 18.5 Å². The number of nitrogens with zero attached hydrogens (tertiary/aromatic N) is 1. The first-order valence-corrected chi connectivity index (χ1v) is 7.48. The lowest BCUT2D eigenvalue weighted by atomic mass is 10.0. The smallest absolute Gasteiger partial charge is 0.119 e. The summed E-state index contributed by atoms with van der Waals surface area (Å²) >= 11 is 5.80. The number of halogens is 2. The predicted octanol–water partition coefficient (Wildman–Crippen LogP) is 2.35. The third kappa shape index (κ3) is 6.01. The second-order valence-corrected chi connectivity index (χ2v) is 5.68. The minimum absolute atomic E-state index is 0. The number of likely N-dealkylation sites (tertiary alicyclic amines) is 1. The molecule has 2 unspecified atom stereocenters. The van der Waals surface area contributed by atoms with Crippen molar-refractivity contribution >= 4 is 24.0 Å². The zero-order chi connectivity index (χ0) is 14.4. The molecular weight excluding hydrogens is 313 g/mol. The summed E-state index contributed by atoms with van der Waals surface area (Å²) in [4.78, 5) is 2.15. The molecule has 0 radical (unpaired) electrons. The number of piperidine rings is 1. The van der Waals surface area contributed by atoms with Crippen LogP contribution in [0.15, 0.2) is 24.3 Å². The average Bonchev–Trinajstić information content (AvgIpc) is 2.47. The molecule has 120 valence electrons. The van der Waals surface area contributed by atoms with E-state index in [1.807, 2.05) is 0 Å². The minimum atomic E-state index is -0.558. The first-order valence-electron chi connectivity index (χ1n) is 7.10. The van der Waals surface area contributed by atoms with Gasteiger partial charge in [-0.3, -0.25) is 4.90 Å². The Morgan fingerprint density at radius 1 is 1.29 bits per heavy atom. The van der Waals surface area contributed by atoms with E-state index in [1.54, 1.807) is 24.3 Å². The molecule has 1 aromatic carbocycles. The van der Waals surface area contributed by atoms with Crippen molar-refractivity contribution in [1.29, 1.82) is 0 Å². The van der Waals surface area contributed by atoms with E-state index in [4.69, 9.17) is 16.3 Å². The van der Waals surface area contributed by atoms with E-state index in [0.717, 1.165) is 25.8 Å². The summed E-state index contributed by atoms with van der Waals surface area (Å²) in [6.07, 6.45) is 2.72. The molecule has 0 aliphatic carbocycles. The van der Waals surface area contributed by atoms with Crippen LogP contribution in [0, 0.1) is 0 Å². The molecule has 2 rings (SSSR count). The zero-order valence-corrected chi connectivity index (χ0v) is 13.5. The summed E-state index contributed by atoms with van der Waals surface area (Å²) in [5.41, 5.74) is 0. The second-order valence-electron chi connectivity index (χ2n) is 5.25. The molecule has 1 aliphatic heterocycles. The molecule has 6 heteroatoms. The summed E-state index contributed by atoms with van der Waals surface area (Å²) in [7, 11) is 0. The molecule has 0 saturated carbocycles. The minimum Gasteiger partial charge on any atom is -0.491 e. The van der Waals surface area contributed by atoms with Crippen molar-refractivity contribution in [3.05, 3.63) is 29.3 Å². The highest BCUT2D eigenvalue weighted by Crippen LogP contribution is 2.18. The van der Waals surface area contributed by atoms with Gasteiger partial charge in [-0.05, 0) is 43.7 Å². The van der Waals surface area contributed by atoms with E-state index in [0.29, 0.717) is 17.3 Å². The molecule has 0 bridgehead atoms. The molecule has 0 aromatic heterocycles. The maximum atomic E-state index is 10.1. The van der Waals surface area contributed by atoms with Crippen molar-refractivity contribution in [3.63, 3.8) is 0 Å². The maximum Gasteiger partial charge on any atom is 0.119 e. The molecule has 0 amide bonds. The fourth-order valence-electron chi connectivity index (χ4n) is 2.55. The molecule has 2 N–H and O–H groups in total. The molecule has 1 fully saturated rings. The normalized spacial score (nSPS) is 20.6. The number of ether oxygens (including phenoxy) is 1. The highest BCUT2D eigenvalue weighted by molar-refractivity contribution is 6.30. The van der Waals surface area contributed by atoms with Crippen molar-refractivity contribution in [1.82, 2.24) is 4.90 Å². The molecule has 21 heavy (non-hydrogen) atoms. The average molecular weight is 336 g/mol. The fourth-order valence-corrected chi connectivity index (χ4v) is 2.68. The summed E-state index contributed by atoms with van der Waals surface area (Å²) in [5.74, 6) is 0.700. The van der Waals surface area contributed by atoms with Crippen molar-refractivity contribution in [2.45, 2.75) is 31.4 Å². The molecule has 0 spiro atoms. The van der Waals surface area contributed by atoms with Gasteiger partial charge in [0.25, 0.3) is 0 Å². The van der Waals surface area contributed by atoms with E-state index in [1.165, 1.54) is 0 Å². The number of aliphatic hydroxyl groups is 2. The maximum absolute atomic E-state index is 10.1. The lowest BCUT2D eigenvalue weighted by Gasteiger charge is -2.35. The Balaban J connectivity index is 0.00000220. The van der Waals surface area contributed by atoms with Crippen LogP contribution in [0.3, 0.4) is 0 Å². The van der Waals surface area contributed by atoms with Gasteiger partial charge >= 0.3 is 0 Å². The standard InChI is InChI=1S/C15H22ClNO3.ClH/c16-12-4-6-15(7-5-12)20-11-14(19)9-17-8-2-1-3-13(17)10-18;/h4-7,13-14,18-19H,1-3,8-11H2;1H. The van der Waals surface area contributed by atoms with E-state index in [9.17, 15) is 10.2 Å².